The van der Waals surface area contributed by atoms with E-state index in [0.29, 0.717) is 16.1 Å². The molecule has 1 N–H and O–H groups in total. The Labute approximate surface area is 116 Å². The Hall–Kier alpha value is -0.590. The second-order valence-electron chi connectivity index (χ2n) is 4.54. The van der Waals surface area contributed by atoms with E-state index >= 15 is 0 Å². The van der Waals surface area contributed by atoms with Gasteiger partial charge < -0.3 is 4.74 Å². The van der Waals surface area contributed by atoms with Crippen LogP contribution in [0.1, 0.15) is 19.8 Å². The first-order chi connectivity index (χ1) is 8.44. The highest BCUT2D eigenvalue weighted by molar-refractivity contribution is 9.10. The molecule has 2 rings (SSSR count). The minimum absolute atomic E-state index is 0.00382. The van der Waals surface area contributed by atoms with Crippen LogP contribution in [0.4, 0.5) is 0 Å². The van der Waals surface area contributed by atoms with Crippen LogP contribution in [0.3, 0.4) is 0 Å². The van der Waals surface area contributed by atoms with Crippen molar-refractivity contribution in [3.63, 3.8) is 0 Å². The maximum atomic E-state index is 12.2. The Balaban J connectivity index is 2.20. The van der Waals surface area contributed by atoms with Gasteiger partial charge in [0.05, 0.1) is 16.5 Å². The van der Waals surface area contributed by atoms with Crippen LogP contribution in [0.25, 0.3) is 0 Å². The van der Waals surface area contributed by atoms with E-state index in [1.54, 1.807) is 25.3 Å². The normalized spacial score (nSPS) is 17.5. The summed E-state index contributed by atoms with van der Waals surface area (Å²) in [5, 5.41) is 0. The Morgan fingerprint density at radius 1 is 1.44 bits per heavy atom. The van der Waals surface area contributed by atoms with Crippen LogP contribution >= 0.6 is 15.9 Å². The third-order valence-corrected chi connectivity index (χ3v) is 5.28. The summed E-state index contributed by atoms with van der Waals surface area (Å²) in [6.07, 6.45) is 2.21. The van der Waals surface area contributed by atoms with E-state index in [0.717, 1.165) is 12.8 Å². The molecule has 1 atom stereocenters. The van der Waals surface area contributed by atoms with Gasteiger partial charge in [-0.05, 0) is 59.8 Å². The largest absolute Gasteiger partial charge is 0.496 e. The van der Waals surface area contributed by atoms with Crippen LogP contribution in [0, 0.1) is 5.92 Å². The van der Waals surface area contributed by atoms with Gasteiger partial charge in [-0.25, -0.2) is 13.1 Å². The molecule has 0 spiro atoms. The van der Waals surface area contributed by atoms with Gasteiger partial charge in [0.1, 0.15) is 5.75 Å². The van der Waals surface area contributed by atoms with Gasteiger partial charge in [0.25, 0.3) is 0 Å². The van der Waals surface area contributed by atoms with E-state index in [2.05, 4.69) is 20.7 Å². The summed E-state index contributed by atoms with van der Waals surface area (Å²) < 4.78 is 32.7. The van der Waals surface area contributed by atoms with Crippen molar-refractivity contribution in [2.45, 2.75) is 30.7 Å². The van der Waals surface area contributed by atoms with Crippen LogP contribution in [-0.4, -0.2) is 21.6 Å². The van der Waals surface area contributed by atoms with Crippen molar-refractivity contribution in [2.75, 3.05) is 7.11 Å². The van der Waals surface area contributed by atoms with E-state index in [-0.39, 0.29) is 10.9 Å². The Morgan fingerprint density at radius 3 is 2.61 bits per heavy atom. The van der Waals surface area contributed by atoms with Gasteiger partial charge >= 0.3 is 0 Å². The molecule has 0 aliphatic heterocycles. The van der Waals surface area contributed by atoms with Gasteiger partial charge in [0.2, 0.25) is 10.0 Å². The average Bonchev–Trinajstić information content (AvgIpc) is 3.12. The minimum atomic E-state index is -3.45. The summed E-state index contributed by atoms with van der Waals surface area (Å²) in [6, 6.07) is 4.74. The number of halogens is 1. The minimum Gasteiger partial charge on any atom is -0.496 e. The van der Waals surface area contributed by atoms with Gasteiger partial charge in [-0.2, -0.15) is 0 Å². The molecule has 0 aromatic heterocycles. The lowest BCUT2D eigenvalue weighted by Crippen LogP contribution is -2.34. The molecule has 1 fully saturated rings. The lowest BCUT2D eigenvalue weighted by Gasteiger charge is -2.14. The molecular formula is C12H16BrNO3S. The standard InChI is InChI=1S/C12H16BrNO3S/c1-8(9-3-4-9)14-18(15,16)10-5-6-12(17-2)11(13)7-10/h5-9,14H,3-4H2,1-2H3. The smallest absolute Gasteiger partial charge is 0.240 e. The molecule has 1 saturated carbocycles. The number of benzene rings is 1. The molecule has 1 aliphatic rings. The molecule has 18 heavy (non-hydrogen) atoms. The van der Waals surface area contributed by atoms with Crippen molar-refractivity contribution in [3.05, 3.63) is 22.7 Å². The van der Waals surface area contributed by atoms with Crippen LogP contribution in [-0.2, 0) is 10.0 Å². The summed E-state index contributed by atoms with van der Waals surface area (Å²) in [4.78, 5) is 0.252. The first kappa shape index (κ1) is 13.8. The third-order valence-electron chi connectivity index (χ3n) is 3.10. The highest BCUT2D eigenvalue weighted by atomic mass is 79.9. The molecule has 1 aromatic rings. The molecular weight excluding hydrogens is 318 g/mol. The number of hydrogen-bond donors (Lipinski definition) is 1. The molecule has 0 saturated heterocycles. The Morgan fingerprint density at radius 2 is 2.11 bits per heavy atom. The molecule has 100 valence electrons. The zero-order chi connectivity index (χ0) is 13.3. The van der Waals surface area contributed by atoms with E-state index in [1.165, 1.54) is 0 Å². The first-order valence-corrected chi connectivity index (χ1v) is 8.07. The van der Waals surface area contributed by atoms with Gasteiger partial charge in [-0.3, -0.25) is 0 Å². The molecule has 1 unspecified atom stereocenters. The van der Waals surface area contributed by atoms with Gasteiger partial charge in [0, 0.05) is 6.04 Å². The van der Waals surface area contributed by atoms with Gasteiger partial charge in [0.15, 0.2) is 0 Å². The predicted octanol–water partition coefficient (Wildman–Crippen LogP) is 2.53. The molecule has 0 radical (unpaired) electrons. The van der Waals surface area contributed by atoms with Gasteiger partial charge in [-0.15, -0.1) is 0 Å². The average molecular weight is 334 g/mol. The maximum Gasteiger partial charge on any atom is 0.240 e. The SMILES string of the molecule is COc1ccc(S(=O)(=O)NC(C)C2CC2)cc1Br. The second-order valence-corrected chi connectivity index (χ2v) is 7.11. The fourth-order valence-corrected chi connectivity index (χ4v) is 3.85. The van der Waals surface area contributed by atoms with E-state index < -0.39 is 10.0 Å². The number of nitrogens with one attached hydrogen (secondary N) is 1. The Kier molecular flexibility index (Phi) is 3.99. The second kappa shape index (κ2) is 5.19. The molecule has 0 bridgehead atoms. The lowest BCUT2D eigenvalue weighted by atomic mass is 10.2. The summed E-state index contributed by atoms with van der Waals surface area (Å²) in [6.45, 7) is 1.91. The number of sulfonamides is 1. The zero-order valence-corrected chi connectivity index (χ0v) is 12.7. The van der Waals surface area contributed by atoms with Crippen molar-refractivity contribution < 1.29 is 13.2 Å². The monoisotopic (exact) mass is 333 g/mol. The topological polar surface area (TPSA) is 55.4 Å². The van der Waals surface area contributed by atoms with E-state index in [1.807, 2.05) is 6.92 Å². The Bertz CT molecular complexity index is 540. The predicted molar refractivity (Wildman–Crippen MR) is 73.2 cm³/mol. The lowest BCUT2D eigenvalue weighted by molar-refractivity contribution is 0.411. The van der Waals surface area contributed by atoms with Crippen molar-refractivity contribution in [3.8, 4) is 5.75 Å². The quantitative estimate of drug-likeness (QED) is 0.900. The fraction of sp³-hybridized carbons (Fsp3) is 0.500. The summed E-state index contributed by atoms with van der Waals surface area (Å²) in [7, 11) is -1.90. The van der Waals surface area contributed by atoms with Crippen molar-refractivity contribution >= 4 is 26.0 Å². The van der Waals surface area contributed by atoms with Crippen molar-refractivity contribution in [1.29, 1.82) is 0 Å². The van der Waals surface area contributed by atoms with Crippen LogP contribution in [0.15, 0.2) is 27.6 Å². The highest BCUT2D eigenvalue weighted by Crippen LogP contribution is 2.33. The van der Waals surface area contributed by atoms with Crippen LogP contribution in [0.2, 0.25) is 0 Å². The highest BCUT2D eigenvalue weighted by Gasteiger charge is 2.31. The number of rotatable bonds is 5. The fourth-order valence-electron chi connectivity index (χ4n) is 1.82. The van der Waals surface area contributed by atoms with Gasteiger partial charge in [-0.1, -0.05) is 0 Å². The molecule has 0 heterocycles. The molecule has 1 aliphatic carbocycles. The third kappa shape index (κ3) is 3.05. The number of hydrogen-bond acceptors (Lipinski definition) is 3. The van der Waals surface area contributed by atoms with Crippen LogP contribution < -0.4 is 9.46 Å². The summed E-state index contributed by atoms with van der Waals surface area (Å²) in [5.41, 5.74) is 0. The molecule has 0 amide bonds. The first-order valence-electron chi connectivity index (χ1n) is 5.80. The van der Waals surface area contributed by atoms with E-state index in [4.69, 9.17) is 4.74 Å². The number of methoxy groups -OCH3 is 1. The molecule has 1 aromatic carbocycles. The van der Waals surface area contributed by atoms with Crippen molar-refractivity contribution in [1.82, 2.24) is 4.72 Å². The van der Waals surface area contributed by atoms with Crippen molar-refractivity contribution in [2.24, 2.45) is 5.92 Å². The summed E-state index contributed by atoms with van der Waals surface area (Å²) in [5.74, 6) is 1.10. The van der Waals surface area contributed by atoms with Crippen LogP contribution in [0.5, 0.6) is 5.75 Å². The molecule has 4 nitrogen and oxygen atoms in total. The van der Waals surface area contributed by atoms with E-state index in [9.17, 15) is 8.42 Å². The maximum absolute atomic E-state index is 12.2. The number of ether oxygens (including phenoxy) is 1. The molecule has 6 heteroatoms. The zero-order valence-electron chi connectivity index (χ0n) is 10.3. The summed E-state index contributed by atoms with van der Waals surface area (Å²) >= 11 is 3.29.